The van der Waals surface area contributed by atoms with Gasteiger partial charge in [0.15, 0.2) is 0 Å². The summed E-state index contributed by atoms with van der Waals surface area (Å²) in [6, 6.07) is 3.00. The minimum atomic E-state index is 0.826. The fourth-order valence-corrected chi connectivity index (χ4v) is 2.02. The van der Waals surface area contributed by atoms with Crippen molar-refractivity contribution in [2.45, 2.75) is 52.1 Å². The summed E-state index contributed by atoms with van der Waals surface area (Å²) >= 11 is 0. The summed E-state index contributed by atoms with van der Waals surface area (Å²) in [4.78, 5) is 0. The van der Waals surface area contributed by atoms with Gasteiger partial charge < -0.3 is 5.32 Å². The normalized spacial score (nSPS) is 15.9. The highest BCUT2D eigenvalue weighted by Crippen LogP contribution is 2.18. The molecular weight excluding hydrogens is 210 g/mol. The van der Waals surface area contributed by atoms with E-state index in [4.69, 9.17) is 0 Å². The average molecular weight is 233 g/mol. The third kappa shape index (κ3) is 4.00. The van der Waals surface area contributed by atoms with Gasteiger partial charge in [0.25, 0.3) is 0 Å². The second kappa shape index (κ2) is 6.01. The molecule has 1 heterocycles. The molecular formula is C14H23N3. The second-order valence-corrected chi connectivity index (χ2v) is 4.79. The standard InChI is InChI=1S/C14H23N3/c1-3-17-14(11-12(2)16-17)7-5-4-6-10-15-13-8-9-13/h4-5,11,13,15H,3,6-10H2,1-2H3. The van der Waals surface area contributed by atoms with E-state index in [-0.39, 0.29) is 0 Å². The van der Waals surface area contributed by atoms with Crippen molar-refractivity contribution < 1.29 is 0 Å². The minimum Gasteiger partial charge on any atom is -0.314 e. The predicted octanol–water partition coefficient (Wildman–Crippen LogP) is 2.45. The number of nitrogens with zero attached hydrogens (tertiary/aromatic N) is 2. The predicted molar refractivity (Wildman–Crippen MR) is 71.1 cm³/mol. The molecule has 0 spiro atoms. The van der Waals surface area contributed by atoms with Gasteiger partial charge in [-0.1, -0.05) is 12.2 Å². The van der Waals surface area contributed by atoms with Crippen molar-refractivity contribution in [3.63, 3.8) is 0 Å². The Morgan fingerprint density at radius 2 is 2.29 bits per heavy atom. The molecule has 0 aliphatic heterocycles. The van der Waals surface area contributed by atoms with Crippen LogP contribution in [0, 0.1) is 6.92 Å². The molecule has 2 rings (SSSR count). The Balaban J connectivity index is 1.69. The van der Waals surface area contributed by atoms with Crippen molar-refractivity contribution in [3.8, 4) is 0 Å². The van der Waals surface area contributed by atoms with Crippen LogP contribution in [0.25, 0.3) is 0 Å². The van der Waals surface area contributed by atoms with Gasteiger partial charge in [-0.15, -0.1) is 0 Å². The van der Waals surface area contributed by atoms with Crippen molar-refractivity contribution >= 4 is 0 Å². The van der Waals surface area contributed by atoms with Crippen LogP contribution in [0.2, 0.25) is 0 Å². The van der Waals surface area contributed by atoms with Crippen LogP contribution in [0.3, 0.4) is 0 Å². The van der Waals surface area contributed by atoms with Gasteiger partial charge in [-0.2, -0.15) is 5.10 Å². The Labute approximate surface area is 104 Å². The van der Waals surface area contributed by atoms with Crippen LogP contribution in [-0.2, 0) is 13.0 Å². The molecule has 0 radical (unpaired) electrons. The molecule has 0 aromatic carbocycles. The molecule has 94 valence electrons. The summed E-state index contributed by atoms with van der Waals surface area (Å²) in [5, 5.41) is 7.96. The number of aryl methyl sites for hydroxylation is 2. The lowest BCUT2D eigenvalue weighted by molar-refractivity contribution is 0.626. The van der Waals surface area contributed by atoms with E-state index >= 15 is 0 Å². The number of hydrogen-bond acceptors (Lipinski definition) is 2. The highest BCUT2D eigenvalue weighted by Gasteiger charge is 2.19. The lowest BCUT2D eigenvalue weighted by atomic mass is 10.2. The Bertz CT molecular complexity index is 375. The average Bonchev–Trinajstić information content (AvgIpc) is 3.07. The van der Waals surface area contributed by atoms with E-state index in [9.17, 15) is 0 Å². The molecule has 1 fully saturated rings. The fraction of sp³-hybridized carbons (Fsp3) is 0.643. The van der Waals surface area contributed by atoms with Crippen LogP contribution in [-0.4, -0.2) is 22.4 Å². The first-order chi connectivity index (χ1) is 8.29. The third-order valence-corrected chi connectivity index (χ3v) is 3.10. The van der Waals surface area contributed by atoms with Gasteiger partial charge in [0.05, 0.1) is 5.69 Å². The van der Waals surface area contributed by atoms with E-state index in [0.717, 1.165) is 37.7 Å². The van der Waals surface area contributed by atoms with Crippen LogP contribution in [0.4, 0.5) is 0 Å². The van der Waals surface area contributed by atoms with E-state index < -0.39 is 0 Å². The first kappa shape index (κ1) is 12.4. The van der Waals surface area contributed by atoms with Crippen molar-refractivity contribution in [3.05, 3.63) is 29.6 Å². The molecule has 1 aromatic rings. The highest BCUT2D eigenvalue weighted by atomic mass is 15.3. The summed E-state index contributed by atoms with van der Waals surface area (Å²) in [6.45, 7) is 6.27. The molecule has 0 bridgehead atoms. The Morgan fingerprint density at radius 1 is 1.47 bits per heavy atom. The van der Waals surface area contributed by atoms with Crippen molar-refractivity contribution in [2.75, 3.05) is 6.54 Å². The maximum Gasteiger partial charge on any atom is 0.0596 e. The zero-order valence-electron chi connectivity index (χ0n) is 10.9. The highest BCUT2D eigenvalue weighted by molar-refractivity contribution is 5.12. The fourth-order valence-electron chi connectivity index (χ4n) is 2.02. The second-order valence-electron chi connectivity index (χ2n) is 4.79. The van der Waals surface area contributed by atoms with Crippen LogP contribution < -0.4 is 5.32 Å². The van der Waals surface area contributed by atoms with E-state index in [2.05, 4.69) is 47.2 Å². The number of aromatic nitrogens is 2. The quantitative estimate of drug-likeness (QED) is 0.579. The lowest BCUT2D eigenvalue weighted by Crippen LogP contribution is -2.16. The lowest BCUT2D eigenvalue weighted by Gasteiger charge is -2.01. The molecule has 3 nitrogen and oxygen atoms in total. The number of rotatable bonds is 7. The van der Waals surface area contributed by atoms with Gasteiger partial charge >= 0.3 is 0 Å². The van der Waals surface area contributed by atoms with Crippen LogP contribution >= 0.6 is 0 Å². The first-order valence-corrected chi connectivity index (χ1v) is 6.71. The maximum atomic E-state index is 4.45. The summed E-state index contributed by atoms with van der Waals surface area (Å²) in [5.41, 5.74) is 2.43. The molecule has 1 aliphatic carbocycles. The first-order valence-electron chi connectivity index (χ1n) is 6.71. The molecule has 1 N–H and O–H groups in total. The largest absolute Gasteiger partial charge is 0.314 e. The SMILES string of the molecule is CCn1nc(C)cc1CC=CCCNC1CC1. The van der Waals surface area contributed by atoms with Crippen molar-refractivity contribution in [1.82, 2.24) is 15.1 Å². The monoisotopic (exact) mass is 233 g/mol. The number of nitrogens with one attached hydrogen (secondary N) is 1. The molecule has 1 aromatic heterocycles. The van der Waals surface area contributed by atoms with Crippen molar-refractivity contribution in [2.24, 2.45) is 0 Å². The maximum absolute atomic E-state index is 4.45. The van der Waals surface area contributed by atoms with Gasteiger partial charge in [0.1, 0.15) is 0 Å². The molecule has 0 unspecified atom stereocenters. The summed E-state index contributed by atoms with van der Waals surface area (Å²) in [5.74, 6) is 0. The van der Waals surface area contributed by atoms with Crippen LogP contribution in [0.5, 0.6) is 0 Å². The van der Waals surface area contributed by atoms with E-state index in [1.807, 2.05) is 0 Å². The van der Waals surface area contributed by atoms with Gasteiger partial charge in [-0.05, 0) is 45.7 Å². The Morgan fingerprint density at radius 3 is 3.00 bits per heavy atom. The van der Waals surface area contributed by atoms with Gasteiger partial charge in [-0.25, -0.2) is 0 Å². The molecule has 17 heavy (non-hydrogen) atoms. The summed E-state index contributed by atoms with van der Waals surface area (Å²) in [6.07, 6.45) is 9.42. The molecule has 1 aliphatic rings. The van der Waals surface area contributed by atoms with Gasteiger partial charge in [-0.3, -0.25) is 4.68 Å². The van der Waals surface area contributed by atoms with Gasteiger partial charge in [0, 0.05) is 24.7 Å². The number of hydrogen-bond donors (Lipinski definition) is 1. The van der Waals surface area contributed by atoms with Gasteiger partial charge in [0.2, 0.25) is 0 Å². The zero-order valence-corrected chi connectivity index (χ0v) is 10.9. The molecule has 3 heteroatoms. The molecule has 0 atom stereocenters. The van der Waals surface area contributed by atoms with Crippen molar-refractivity contribution in [1.29, 1.82) is 0 Å². The zero-order chi connectivity index (χ0) is 12.1. The minimum absolute atomic E-state index is 0.826. The molecule has 0 saturated heterocycles. The summed E-state index contributed by atoms with van der Waals surface area (Å²) < 4.78 is 2.09. The Kier molecular flexibility index (Phi) is 4.37. The molecule has 0 amide bonds. The van der Waals surface area contributed by atoms with Crippen LogP contribution in [0.15, 0.2) is 18.2 Å². The van der Waals surface area contributed by atoms with E-state index in [0.29, 0.717) is 0 Å². The van der Waals surface area contributed by atoms with E-state index in [1.165, 1.54) is 18.5 Å². The summed E-state index contributed by atoms with van der Waals surface area (Å²) in [7, 11) is 0. The Hall–Kier alpha value is -1.09. The molecule has 1 saturated carbocycles. The topological polar surface area (TPSA) is 29.9 Å². The van der Waals surface area contributed by atoms with E-state index in [1.54, 1.807) is 0 Å². The number of allylic oxidation sites excluding steroid dienone is 1. The third-order valence-electron chi connectivity index (χ3n) is 3.10. The van der Waals surface area contributed by atoms with Crippen LogP contribution in [0.1, 0.15) is 37.6 Å². The smallest absolute Gasteiger partial charge is 0.0596 e.